The molecule has 0 atom stereocenters. The van der Waals surface area contributed by atoms with Gasteiger partial charge in [0.2, 0.25) is 0 Å². The maximum Gasteiger partial charge on any atom is 0.339 e. The van der Waals surface area contributed by atoms with Gasteiger partial charge in [-0.1, -0.05) is 24.3 Å². The molecule has 0 bridgehead atoms. The Balaban J connectivity index is 1.70. The van der Waals surface area contributed by atoms with Gasteiger partial charge in [-0.3, -0.25) is 0 Å². The molecule has 2 amide bonds. The molecule has 0 aromatic heterocycles. The molecule has 3 rings (SSSR count). The highest BCUT2D eigenvalue weighted by molar-refractivity contribution is 7.87. The van der Waals surface area contributed by atoms with E-state index in [1.54, 1.807) is 17.0 Å². The second-order valence-electron chi connectivity index (χ2n) is 8.03. The van der Waals surface area contributed by atoms with E-state index in [0.29, 0.717) is 6.54 Å². The molecule has 0 saturated heterocycles. The third-order valence-corrected chi connectivity index (χ3v) is 6.58. The molecule has 0 aliphatic carbocycles. The Kier molecular flexibility index (Phi) is 7.38. The van der Waals surface area contributed by atoms with E-state index < -0.39 is 15.9 Å². The number of hydrogen-bond acceptors (Lipinski definition) is 4. The highest BCUT2D eigenvalue weighted by atomic mass is 32.2. The van der Waals surface area contributed by atoms with Gasteiger partial charge in [0.15, 0.2) is 0 Å². The standard InChI is InChI=1S/C25H27FN2O4S/c1-17(2)28(25(29)27-24-7-5-6-18(3)19(24)4)16-20-8-12-22(13-9-20)32-33(30,31)23-14-10-21(26)11-15-23/h5-15,17H,16H2,1-4H3,(H,27,29). The molecule has 6 nitrogen and oxygen atoms in total. The van der Waals surface area contributed by atoms with Gasteiger partial charge in [0.1, 0.15) is 16.5 Å². The fourth-order valence-electron chi connectivity index (χ4n) is 3.19. The van der Waals surface area contributed by atoms with Gasteiger partial charge in [-0.15, -0.1) is 0 Å². The number of anilines is 1. The zero-order valence-corrected chi connectivity index (χ0v) is 19.8. The molecule has 8 heteroatoms. The predicted molar refractivity (Wildman–Crippen MR) is 126 cm³/mol. The fraction of sp³-hybridized carbons (Fsp3) is 0.240. The highest BCUT2D eigenvalue weighted by Crippen LogP contribution is 2.22. The first-order chi connectivity index (χ1) is 15.6. The molecule has 0 unspecified atom stereocenters. The van der Waals surface area contributed by atoms with Gasteiger partial charge in [-0.05, 0) is 86.8 Å². The average molecular weight is 471 g/mol. The van der Waals surface area contributed by atoms with Crippen LogP contribution in [0.4, 0.5) is 14.9 Å². The number of carbonyl (C=O) groups excluding carboxylic acids is 1. The molecule has 0 fully saturated rings. The highest BCUT2D eigenvalue weighted by Gasteiger charge is 2.20. The Morgan fingerprint density at radius 1 is 1.00 bits per heavy atom. The number of rotatable bonds is 7. The Labute approximate surface area is 194 Å². The summed E-state index contributed by atoms with van der Waals surface area (Å²) in [6.45, 7) is 8.14. The molecule has 0 radical (unpaired) electrons. The number of hydrogen-bond donors (Lipinski definition) is 1. The molecular formula is C25H27FN2O4S. The van der Waals surface area contributed by atoms with E-state index >= 15 is 0 Å². The van der Waals surface area contributed by atoms with Crippen molar-refractivity contribution in [3.8, 4) is 5.75 Å². The smallest absolute Gasteiger partial charge is 0.339 e. The summed E-state index contributed by atoms with van der Waals surface area (Å²) < 4.78 is 42.9. The van der Waals surface area contributed by atoms with Crippen LogP contribution in [0, 0.1) is 19.7 Å². The second-order valence-corrected chi connectivity index (χ2v) is 9.58. The monoisotopic (exact) mass is 470 g/mol. The van der Waals surface area contributed by atoms with Crippen molar-refractivity contribution in [3.05, 3.63) is 89.2 Å². The summed E-state index contributed by atoms with van der Waals surface area (Å²) >= 11 is 0. The Hall–Kier alpha value is -3.39. The summed E-state index contributed by atoms with van der Waals surface area (Å²) in [6.07, 6.45) is 0. The second kappa shape index (κ2) is 10.0. The van der Waals surface area contributed by atoms with E-state index in [1.165, 1.54) is 12.1 Å². The number of halogens is 1. The molecule has 0 aliphatic rings. The Morgan fingerprint density at radius 2 is 1.64 bits per heavy atom. The normalized spacial score (nSPS) is 11.3. The summed E-state index contributed by atoms with van der Waals surface area (Å²) in [5.74, 6) is -0.409. The van der Waals surface area contributed by atoms with Gasteiger partial charge in [0.25, 0.3) is 0 Å². The summed E-state index contributed by atoms with van der Waals surface area (Å²) in [5.41, 5.74) is 3.68. The maximum absolute atomic E-state index is 13.1. The fourth-order valence-corrected chi connectivity index (χ4v) is 4.12. The molecule has 33 heavy (non-hydrogen) atoms. The van der Waals surface area contributed by atoms with Crippen molar-refractivity contribution in [3.63, 3.8) is 0 Å². The lowest BCUT2D eigenvalue weighted by molar-refractivity contribution is 0.193. The van der Waals surface area contributed by atoms with Crippen LogP contribution in [0.1, 0.15) is 30.5 Å². The zero-order valence-electron chi connectivity index (χ0n) is 19.0. The molecule has 0 heterocycles. The van der Waals surface area contributed by atoms with Crippen LogP contribution in [-0.2, 0) is 16.7 Å². The molecule has 0 saturated carbocycles. The van der Waals surface area contributed by atoms with E-state index in [4.69, 9.17) is 4.18 Å². The van der Waals surface area contributed by atoms with Crippen LogP contribution in [0.5, 0.6) is 5.75 Å². The van der Waals surface area contributed by atoms with E-state index in [1.807, 2.05) is 45.9 Å². The molecular weight excluding hydrogens is 443 g/mol. The van der Waals surface area contributed by atoms with Crippen LogP contribution in [-0.4, -0.2) is 25.4 Å². The molecule has 1 N–H and O–H groups in total. The Bertz CT molecular complexity index is 1220. The Morgan fingerprint density at radius 3 is 2.24 bits per heavy atom. The minimum absolute atomic E-state index is 0.0649. The average Bonchev–Trinajstić information content (AvgIpc) is 2.76. The van der Waals surface area contributed by atoms with Gasteiger partial charge in [-0.2, -0.15) is 8.42 Å². The van der Waals surface area contributed by atoms with Crippen LogP contribution in [0.2, 0.25) is 0 Å². The molecule has 3 aromatic rings. The maximum atomic E-state index is 13.1. The number of benzene rings is 3. The van der Waals surface area contributed by atoms with Crippen molar-refractivity contribution in [1.29, 1.82) is 0 Å². The lowest BCUT2D eigenvalue weighted by atomic mass is 10.1. The number of carbonyl (C=O) groups is 1. The number of nitrogens with zero attached hydrogens (tertiary/aromatic N) is 1. The van der Waals surface area contributed by atoms with Crippen LogP contribution < -0.4 is 9.50 Å². The van der Waals surface area contributed by atoms with E-state index in [9.17, 15) is 17.6 Å². The van der Waals surface area contributed by atoms with Crippen molar-refractivity contribution in [2.75, 3.05) is 5.32 Å². The SMILES string of the molecule is Cc1cccc(NC(=O)N(Cc2ccc(OS(=O)(=O)c3ccc(F)cc3)cc2)C(C)C)c1C. The van der Waals surface area contributed by atoms with Crippen molar-refractivity contribution in [2.24, 2.45) is 0 Å². The van der Waals surface area contributed by atoms with Gasteiger partial charge in [0.05, 0.1) is 0 Å². The third kappa shape index (κ3) is 6.10. The first-order valence-electron chi connectivity index (χ1n) is 10.5. The van der Waals surface area contributed by atoms with E-state index in [2.05, 4.69) is 5.32 Å². The number of aryl methyl sites for hydroxylation is 1. The van der Waals surface area contributed by atoms with Gasteiger partial charge in [-0.25, -0.2) is 9.18 Å². The first-order valence-corrected chi connectivity index (χ1v) is 11.9. The quantitative estimate of drug-likeness (QED) is 0.453. The van der Waals surface area contributed by atoms with Crippen LogP contribution in [0.25, 0.3) is 0 Å². The lowest BCUT2D eigenvalue weighted by Gasteiger charge is -2.27. The molecule has 0 aliphatic heterocycles. The van der Waals surface area contributed by atoms with Crippen molar-refractivity contribution >= 4 is 21.8 Å². The summed E-state index contributed by atoms with van der Waals surface area (Å²) in [7, 11) is -4.08. The van der Waals surface area contributed by atoms with Gasteiger partial charge < -0.3 is 14.4 Å². The number of amides is 2. The van der Waals surface area contributed by atoms with Gasteiger partial charge >= 0.3 is 16.1 Å². The first kappa shape index (κ1) is 24.3. The molecule has 3 aromatic carbocycles. The lowest BCUT2D eigenvalue weighted by Crippen LogP contribution is -2.39. The number of nitrogens with one attached hydrogen (secondary N) is 1. The van der Waals surface area contributed by atoms with Gasteiger partial charge in [0, 0.05) is 18.3 Å². The van der Waals surface area contributed by atoms with Crippen LogP contribution in [0.15, 0.2) is 71.6 Å². The minimum atomic E-state index is -4.08. The molecule has 0 spiro atoms. The topological polar surface area (TPSA) is 75.7 Å². The summed E-state index contributed by atoms with van der Waals surface area (Å²) in [6, 6.07) is 16.3. The van der Waals surface area contributed by atoms with Crippen molar-refractivity contribution in [2.45, 2.75) is 45.2 Å². The minimum Gasteiger partial charge on any atom is -0.379 e. The van der Waals surface area contributed by atoms with E-state index in [-0.39, 0.29) is 22.7 Å². The van der Waals surface area contributed by atoms with Crippen LogP contribution >= 0.6 is 0 Å². The zero-order chi connectivity index (χ0) is 24.2. The van der Waals surface area contributed by atoms with Crippen LogP contribution in [0.3, 0.4) is 0 Å². The summed E-state index contributed by atoms with van der Waals surface area (Å²) in [4.78, 5) is 14.5. The predicted octanol–water partition coefficient (Wildman–Crippen LogP) is 5.65. The number of urea groups is 1. The largest absolute Gasteiger partial charge is 0.379 e. The summed E-state index contributed by atoms with van der Waals surface area (Å²) in [5, 5.41) is 2.97. The molecule has 174 valence electrons. The van der Waals surface area contributed by atoms with E-state index in [0.717, 1.165) is 46.6 Å². The third-order valence-electron chi connectivity index (χ3n) is 5.31. The van der Waals surface area contributed by atoms with Crippen molar-refractivity contribution in [1.82, 2.24) is 4.90 Å². The van der Waals surface area contributed by atoms with Crippen molar-refractivity contribution < 1.29 is 21.8 Å².